The molecule has 1 aromatic heterocycles. The molecular formula is C23H31N5O2. The number of hydrogen-bond donors (Lipinski definition) is 2. The molecule has 160 valence electrons. The van der Waals surface area contributed by atoms with Crippen molar-refractivity contribution in [2.24, 2.45) is 5.92 Å². The Morgan fingerprint density at radius 3 is 2.70 bits per heavy atom. The van der Waals surface area contributed by atoms with Crippen LogP contribution in [0.25, 0.3) is 0 Å². The van der Waals surface area contributed by atoms with Gasteiger partial charge in [-0.2, -0.15) is 0 Å². The number of amides is 2. The average molecular weight is 410 g/mol. The highest BCUT2D eigenvalue weighted by Gasteiger charge is 2.27. The topological polar surface area (TPSA) is 87.2 Å². The highest BCUT2D eigenvalue weighted by Crippen LogP contribution is 2.16. The van der Waals surface area contributed by atoms with Gasteiger partial charge < -0.3 is 15.5 Å². The van der Waals surface area contributed by atoms with Crippen LogP contribution < -0.4 is 10.6 Å². The minimum Gasteiger partial charge on any atom is -0.355 e. The van der Waals surface area contributed by atoms with Crippen molar-refractivity contribution in [1.29, 1.82) is 0 Å². The van der Waals surface area contributed by atoms with Gasteiger partial charge in [-0.15, -0.1) is 0 Å². The summed E-state index contributed by atoms with van der Waals surface area (Å²) in [7, 11) is 2.01. The van der Waals surface area contributed by atoms with Gasteiger partial charge in [-0.3, -0.25) is 19.6 Å². The number of likely N-dealkylation sites (N-methyl/N-ethyl adjacent to an activating group) is 1. The van der Waals surface area contributed by atoms with Crippen molar-refractivity contribution >= 4 is 11.8 Å². The molecule has 1 aliphatic rings. The monoisotopic (exact) mass is 409 g/mol. The van der Waals surface area contributed by atoms with E-state index in [0.717, 1.165) is 31.5 Å². The molecule has 1 aliphatic heterocycles. The van der Waals surface area contributed by atoms with Crippen molar-refractivity contribution in [1.82, 2.24) is 25.5 Å². The van der Waals surface area contributed by atoms with E-state index in [9.17, 15) is 9.59 Å². The van der Waals surface area contributed by atoms with E-state index in [0.29, 0.717) is 25.9 Å². The summed E-state index contributed by atoms with van der Waals surface area (Å²) in [6, 6.07) is 10.2. The highest BCUT2D eigenvalue weighted by molar-refractivity contribution is 5.79. The van der Waals surface area contributed by atoms with E-state index in [-0.39, 0.29) is 23.8 Å². The van der Waals surface area contributed by atoms with Gasteiger partial charge in [-0.05, 0) is 38.3 Å². The van der Waals surface area contributed by atoms with Crippen molar-refractivity contribution in [3.8, 4) is 0 Å². The molecule has 1 fully saturated rings. The first kappa shape index (κ1) is 21.9. The van der Waals surface area contributed by atoms with Crippen LogP contribution in [0.4, 0.5) is 0 Å². The third-order valence-corrected chi connectivity index (χ3v) is 5.44. The zero-order valence-corrected chi connectivity index (χ0v) is 17.6. The number of nitrogens with zero attached hydrogens (tertiary/aromatic N) is 3. The SMILES string of the molecule is CN1C[C@@H](NC(=O)CCc2cnccn2)CC[C@@H](C(=O)NCCc2ccccc2)C1. The minimum absolute atomic E-state index is 0.0183. The van der Waals surface area contributed by atoms with E-state index in [4.69, 9.17) is 0 Å². The van der Waals surface area contributed by atoms with E-state index in [1.54, 1.807) is 18.6 Å². The molecule has 1 saturated heterocycles. The van der Waals surface area contributed by atoms with Gasteiger partial charge >= 0.3 is 0 Å². The van der Waals surface area contributed by atoms with E-state index < -0.39 is 0 Å². The molecule has 0 saturated carbocycles. The molecule has 0 radical (unpaired) electrons. The molecule has 2 N–H and O–H groups in total. The number of carbonyl (C=O) groups excluding carboxylic acids is 2. The number of likely N-dealkylation sites (tertiary alicyclic amines) is 1. The standard InChI is InChI=1S/C23H31N5O2/c1-28-16-19(23(30)26-12-11-18-5-3-2-4-6-18)7-8-21(17-28)27-22(29)10-9-20-15-24-13-14-25-20/h2-6,13-15,19,21H,7-12,16-17H2,1H3,(H,26,30)(H,27,29)/t19-,21+/m1/s1. The molecule has 3 rings (SSSR count). The van der Waals surface area contributed by atoms with Crippen molar-refractivity contribution < 1.29 is 9.59 Å². The zero-order valence-electron chi connectivity index (χ0n) is 17.6. The molecule has 2 aromatic rings. The Hall–Kier alpha value is -2.80. The number of benzene rings is 1. The molecule has 0 unspecified atom stereocenters. The van der Waals surface area contributed by atoms with Crippen LogP contribution in [-0.2, 0) is 22.4 Å². The fourth-order valence-corrected chi connectivity index (χ4v) is 3.86. The Morgan fingerprint density at radius 1 is 1.10 bits per heavy atom. The fraction of sp³-hybridized carbons (Fsp3) is 0.478. The van der Waals surface area contributed by atoms with E-state index >= 15 is 0 Å². The molecule has 2 heterocycles. The predicted octanol–water partition coefficient (Wildman–Crippen LogP) is 1.59. The third-order valence-electron chi connectivity index (χ3n) is 5.44. The van der Waals surface area contributed by atoms with Gasteiger partial charge in [0.05, 0.1) is 11.6 Å². The van der Waals surface area contributed by atoms with Gasteiger partial charge in [0, 0.05) is 50.7 Å². The van der Waals surface area contributed by atoms with Crippen LogP contribution >= 0.6 is 0 Å². The Labute approximate surface area is 178 Å². The summed E-state index contributed by atoms with van der Waals surface area (Å²) in [5.74, 6) is 0.0736. The number of hydrogen-bond acceptors (Lipinski definition) is 5. The van der Waals surface area contributed by atoms with Crippen LogP contribution in [0, 0.1) is 5.92 Å². The molecule has 7 nitrogen and oxygen atoms in total. The Morgan fingerprint density at radius 2 is 1.93 bits per heavy atom. The molecular weight excluding hydrogens is 378 g/mol. The van der Waals surface area contributed by atoms with Gasteiger partial charge in [0.2, 0.25) is 11.8 Å². The molecule has 0 bridgehead atoms. The van der Waals surface area contributed by atoms with Crippen LogP contribution in [-0.4, -0.2) is 59.4 Å². The molecule has 1 aromatic carbocycles. The van der Waals surface area contributed by atoms with E-state index in [1.165, 1.54) is 5.56 Å². The maximum absolute atomic E-state index is 12.6. The second-order valence-corrected chi connectivity index (χ2v) is 7.98. The van der Waals surface area contributed by atoms with Gasteiger partial charge in [0.15, 0.2) is 0 Å². The quantitative estimate of drug-likeness (QED) is 0.692. The first-order valence-electron chi connectivity index (χ1n) is 10.6. The molecule has 7 heteroatoms. The summed E-state index contributed by atoms with van der Waals surface area (Å²) in [5.41, 5.74) is 2.04. The lowest BCUT2D eigenvalue weighted by Gasteiger charge is -2.22. The largest absolute Gasteiger partial charge is 0.355 e. The van der Waals surface area contributed by atoms with Gasteiger partial charge in [0.1, 0.15) is 0 Å². The van der Waals surface area contributed by atoms with Crippen LogP contribution in [0.2, 0.25) is 0 Å². The molecule has 30 heavy (non-hydrogen) atoms. The lowest BCUT2D eigenvalue weighted by Crippen LogP contribution is -2.42. The smallest absolute Gasteiger partial charge is 0.224 e. The van der Waals surface area contributed by atoms with Crippen molar-refractivity contribution in [3.63, 3.8) is 0 Å². The molecule has 0 spiro atoms. The number of carbonyl (C=O) groups is 2. The molecule has 2 amide bonds. The third kappa shape index (κ3) is 7.22. The Bertz CT molecular complexity index is 800. The second-order valence-electron chi connectivity index (χ2n) is 7.98. The predicted molar refractivity (Wildman–Crippen MR) is 116 cm³/mol. The molecule has 2 atom stereocenters. The first-order valence-corrected chi connectivity index (χ1v) is 10.6. The fourth-order valence-electron chi connectivity index (χ4n) is 3.86. The highest BCUT2D eigenvalue weighted by atomic mass is 16.2. The van der Waals surface area contributed by atoms with Crippen LogP contribution in [0.5, 0.6) is 0 Å². The summed E-state index contributed by atoms with van der Waals surface area (Å²) in [5, 5.41) is 6.20. The number of aromatic nitrogens is 2. The first-order chi connectivity index (χ1) is 14.6. The van der Waals surface area contributed by atoms with Gasteiger partial charge in [-0.25, -0.2) is 0 Å². The maximum Gasteiger partial charge on any atom is 0.224 e. The molecule has 0 aliphatic carbocycles. The zero-order chi connectivity index (χ0) is 21.2. The van der Waals surface area contributed by atoms with Crippen molar-refractivity contribution in [2.45, 2.75) is 38.1 Å². The average Bonchev–Trinajstić information content (AvgIpc) is 2.94. The van der Waals surface area contributed by atoms with Gasteiger partial charge in [0.25, 0.3) is 0 Å². The Kier molecular flexibility index (Phi) is 8.32. The second kappa shape index (κ2) is 11.4. The lowest BCUT2D eigenvalue weighted by molar-refractivity contribution is -0.125. The van der Waals surface area contributed by atoms with Crippen LogP contribution in [0.15, 0.2) is 48.9 Å². The summed E-state index contributed by atoms with van der Waals surface area (Å²) >= 11 is 0. The van der Waals surface area contributed by atoms with Crippen molar-refractivity contribution in [2.75, 3.05) is 26.7 Å². The van der Waals surface area contributed by atoms with E-state index in [2.05, 4.69) is 37.6 Å². The number of rotatable bonds is 8. The number of nitrogens with one attached hydrogen (secondary N) is 2. The van der Waals surface area contributed by atoms with Crippen LogP contribution in [0.1, 0.15) is 30.5 Å². The van der Waals surface area contributed by atoms with E-state index in [1.807, 2.05) is 25.2 Å². The number of aryl methyl sites for hydroxylation is 1. The minimum atomic E-state index is -0.0488. The summed E-state index contributed by atoms with van der Waals surface area (Å²) in [4.78, 5) is 35.3. The summed E-state index contributed by atoms with van der Waals surface area (Å²) in [6.07, 6.45) is 8.33. The lowest BCUT2D eigenvalue weighted by atomic mass is 10.0. The maximum atomic E-state index is 12.6. The van der Waals surface area contributed by atoms with Gasteiger partial charge in [-0.1, -0.05) is 30.3 Å². The summed E-state index contributed by atoms with van der Waals surface area (Å²) < 4.78 is 0. The Balaban J connectivity index is 1.40. The normalized spacial score (nSPS) is 19.6. The summed E-state index contributed by atoms with van der Waals surface area (Å²) in [6.45, 7) is 2.11. The van der Waals surface area contributed by atoms with Crippen LogP contribution in [0.3, 0.4) is 0 Å². The van der Waals surface area contributed by atoms with Crippen molar-refractivity contribution in [3.05, 3.63) is 60.2 Å².